The van der Waals surface area contributed by atoms with Gasteiger partial charge in [0.15, 0.2) is 0 Å². The number of H-pyrrole nitrogens is 1. The SMILES string of the molecule is CC(C)(C)n1c(NC(=O)c2cc(Br)c[nH]2)nc2ccccc21. The summed E-state index contributed by atoms with van der Waals surface area (Å²) in [4.78, 5) is 19.8. The molecule has 0 aliphatic rings. The van der Waals surface area contributed by atoms with E-state index >= 15 is 0 Å². The van der Waals surface area contributed by atoms with Crippen LogP contribution in [0.2, 0.25) is 0 Å². The Kier molecular flexibility index (Phi) is 3.56. The first kappa shape index (κ1) is 14.8. The third kappa shape index (κ3) is 2.66. The van der Waals surface area contributed by atoms with Gasteiger partial charge in [-0.25, -0.2) is 4.98 Å². The van der Waals surface area contributed by atoms with Gasteiger partial charge in [-0.2, -0.15) is 0 Å². The summed E-state index contributed by atoms with van der Waals surface area (Å²) in [6.07, 6.45) is 1.72. The molecule has 3 rings (SSSR count). The van der Waals surface area contributed by atoms with Gasteiger partial charge in [-0.15, -0.1) is 0 Å². The van der Waals surface area contributed by atoms with E-state index < -0.39 is 0 Å². The number of rotatable bonds is 2. The van der Waals surface area contributed by atoms with Crippen LogP contribution in [-0.2, 0) is 5.54 Å². The molecule has 0 spiro atoms. The van der Waals surface area contributed by atoms with Crippen LogP contribution in [0.25, 0.3) is 11.0 Å². The second-order valence-electron chi connectivity index (χ2n) is 6.12. The van der Waals surface area contributed by atoms with Crippen LogP contribution in [0.3, 0.4) is 0 Å². The Balaban J connectivity index is 2.05. The van der Waals surface area contributed by atoms with Gasteiger partial charge in [-0.1, -0.05) is 12.1 Å². The number of hydrogen-bond donors (Lipinski definition) is 2. The summed E-state index contributed by atoms with van der Waals surface area (Å²) in [5.74, 6) is 0.330. The maximum Gasteiger partial charge on any atom is 0.274 e. The molecular formula is C16H17BrN4O. The zero-order chi connectivity index (χ0) is 15.9. The largest absolute Gasteiger partial charge is 0.356 e. The minimum absolute atomic E-state index is 0.199. The van der Waals surface area contributed by atoms with Crippen molar-refractivity contribution in [2.75, 3.05) is 5.32 Å². The van der Waals surface area contributed by atoms with Gasteiger partial charge in [0.25, 0.3) is 5.91 Å². The maximum atomic E-state index is 12.4. The second kappa shape index (κ2) is 5.28. The summed E-state index contributed by atoms with van der Waals surface area (Å²) >= 11 is 3.33. The van der Waals surface area contributed by atoms with E-state index in [0.29, 0.717) is 11.6 Å². The number of fused-ring (bicyclic) bond motifs is 1. The highest BCUT2D eigenvalue weighted by atomic mass is 79.9. The minimum Gasteiger partial charge on any atom is -0.356 e. The van der Waals surface area contributed by atoms with Gasteiger partial charge in [0, 0.05) is 16.2 Å². The lowest BCUT2D eigenvalue weighted by atomic mass is 10.1. The van der Waals surface area contributed by atoms with E-state index in [1.165, 1.54) is 0 Å². The molecule has 5 nitrogen and oxygen atoms in total. The van der Waals surface area contributed by atoms with E-state index in [1.54, 1.807) is 12.3 Å². The Hall–Kier alpha value is -2.08. The number of hydrogen-bond acceptors (Lipinski definition) is 2. The van der Waals surface area contributed by atoms with Crippen LogP contribution in [0.15, 0.2) is 41.0 Å². The molecule has 2 heterocycles. The number of aromatic nitrogens is 3. The van der Waals surface area contributed by atoms with Gasteiger partial charge in [-0.3, -0.25) is 10.1 Å². The molecule has 0 atom stereocenters. The smallest absolute Gasteiger partial charge is 0.274 e. The van der Waals surface area contributed by atoms with Crippen LogP contribution in [0.4, 0.5) is 5.95 Å². The zero-order valence-electron chi connectivity index (χ0n) is 12.6. The molecule has 2 aromatic heterocycles. The Labute approximate surface area is 136 Å². The molecule has 22 heavy (non-hydrogen) atoms. The fourth-order valence-corrected chi connectivity index (χ4v) is 2.80. The van der Waals surface area contributed by atoms with E-state index in [-0.39, 0.29) is 11.4 Å². The number of nitrogens with one attached hydrogen (secondary N) is 2. The fourth-order valence-electron chi connectivity index (χ4n) is 2.46. The predicted octanol–water partition coefficient (Wildman–Crippen LogP) is 4.13. The van der Waals surface area contributed by atoms with Crippen molar-refractivity contribution in [3.05, 3.63) is 46.7 Å². The van der Waals surface area contributed by atoms with Gasteiger partial charge in [0.05, 0.1) is 11.0 Å². The van der Waals surface area contributed by atoms with Crippen LogP contribution in [0, 0.1) is 0 Å². The second-order valence-corrected chi connectivity index (χ2v) is 7.03. The van der Waals surface area contributed by atoms with Gasteiger partial charge < -0.3 is 9.55 Å². The van der Waals surface area contributed by atoms with E-state index in [0.717, 1.165) is 15.5 Å². The van der Waals surface area contributed by atoms with Crippen molar-refractivity contribution in [2.24, 2.45) is 0 Å². The number of benzene rings is 1. The normalized spacial score (nSPS) is 11.8. The molecule has 6 heteroatoms. The number of halogens is 1. The lowest BCUT2D eigenvalue weighted by Gasteiger charge is -2.24. The molecule has 0 saturated carbocycles. The first-order valence-electron chi connectivity index (χ1n) is 6.99. The quantitative estimate of drug-likeness (QED) is 0.721. The molecule has 0 saturated heterocycles. The fraction of sp³-hybridized carbons (Fsp3) is 0.250. The molecule has 1 aromatic carbocycles. The zero-order valence-corrected chi connectivity index (χ0v) is 14.2. The van der Waals surface area contributed by atoms with Crippen LogP contribution >= 0.6 is 15.9 Å². The minimum atomic E-state index is -0.216. The number of carbonyl (C=O) groups is 1. The van der Waals surface area contributed by atoms with Gasteiger partial charge in [0.2, 0.25) is 5.95 Å². The van der Waals surface area contributed by atoms with Crippen LogP contribution in [0.1, 0.15) is 31.3 Å². The Bertz CT molecular complexity index is 841. The lowest BCUT2D eigenvalue weighted by molar-refractivity contribution is 0.102. The number of para-hydroxylation sites is 2. The molecule has 0 radical (unpaired) electrons. The summed E-state index contributed by atoms with van der Waals surface area (Å²) in [5, 5.41) is 2.90. The van der Waals surface area contributed by atoms with E-state index in [4.69, 9.17) is 0 Å². The van der Waals surface area contributed by atoms with Crippen molar-refractivity contribution in [1.82, 2.24) is 14.5 Å². The first-order chi connectivity index (χ1) is 10.4. The standard InChI is InChI=1S/C16H17BrN4O/c1-16(2,3)21-13-7-5-4-6-11(13)19-15(21)20-14(22)12-8-10(17)9-18-12/h4-9,18H,1-3H3,(H,19,20,22). The molecular weight excluding hydrogens is 344 g/mol. The van der Waals surface area contributed by atoms with Crippen LogP contribution < -0.4 is 5.32 Å². The number of amides is 1. The highest BCUT2D eigenvalue weighted by Gasteiger charge is 2.23. The molecule has 114 valence electrons. The van der Waals surface area contributed by atoms with Crippen molar-refractivity contribution < 1.29 is 4.79 Å². The summed E-state index contributed by atoms with van der Waals surface area (Å²) in [6, 6.07) is 9.60. The lowest BCUT2D eigenvalue weighted by Crippen LogP contribution is -2.26. The Morgan fingerprint density at radius 2 is 2.05 bits per heavy atom. The third-order valence-electron chi connectivity index (χ3n) is 3.35. The predicted molar refractivity (Wildman–Crippen MR) is 91.2 cm³/mol. The van der Waals surface area contributed by atoms with Crippen molar-refractivity contribution in [3.8, 4) is 0 Å². The molecule has 0 bridgehead atoms. The van der Waals surface area contributed by atoms with Crippen molar-refractivity contribution in [3.63, 3.8) is 0 Å². The highest BCUT2D eigenvalue weighted by molar-refractivity contribution is 9.10. The van der Waals surface area contributed by atoms with Crippen LogP contribution in [0.5, 0.6) is 0 Å². The first-order valence-corrected chi connectivity index (χ1v) is 7.79. The molecule has 1 amide bonds. The molecule has 0 aliphatic heterocycles. The third-order valence-corrected chi connectivity index (χ3v) is 3.81. The topological polar surface area (TPSA) is 62.7 Å². The van der Waals surface area contributed by atoms with E-state index in [1.807, 2.05) is 28.8 Å². The number of imidazole rings is 1. The van der Waals surface area contributed by atoms with Gasteiger partial charge >= 0.3 is 0 Å². The molecule has 0 aliphatic carbocycles. The monoisotopic (exact) mass is 360 g/mol. The molecule has 0 fully saturated rings. The maximum absolute atomic E-state index is 12.4. The summed E-state index contributed by atoms with van der Waals surface area (Å²) in [5.41, 5.74) is 2.15. The number of carbonyl (C=O) groups excluding carboxylic acids is 1. The summed E-state index contributed by atoms with van der Waals surface area (Å²) in [6.45, 7) is 6.26. The van der Waals surface area contributed by atoms with Crippen molar-refractivity contribution in [2.45, 2.75) is 26.3 Å². The van der Waals surface area contributed by atoms with Crippen molar-refractivity contribution >= 4 is 38.8 Å². The van der Waals surface area contributed by atoms with Crippen LogP contribution in [-0.4, -0.2) is 20.4 Å². The van der Waals surface area contributed by atoms with Crippen molar-refractivity contribution in [1.29, 1.82) is 0 Å². The van der Waals surface area contributed by atoms with Gasteiger partial charge in [0.1, 0.15) is 5.69 Å². The average molecular weight is 361 g/mol. The van der Waals surface area contributed by atoms with Gasteiger partial charge in [-0.05, 0) is 54.9 Å². The number of aromatic amines is 1. The summed E-state index contributed by atoms with van der Waals surface area (Å²) < 4.78 is 2.88. The number of nitrogens with zero attached hydrogens (tertiary/aromatic N) is 2. The average Bonchev–Trinajstić information content (AvgIpc) is 3.00. The van der Waals surface area contributed by atoms with E-state index in [2.05, 4.69) is 52.0 Å². The molecule has 3 aromatic rings. The Morgan fingerprint density at radius 1 is 1.32 bits per heavy atom. The number of anilines is 1. The Morgan fingerprint density at radius 3 is 2.68 bits per heavy atom. The molecule has 2 N–H and O–H groups in total. The van der Waals surface area contributed by atoms with E-state index in [9.17, 15) is 4.79 Å². The summed E-state index contributed by atoms with van der Waals surface area (Å²) in [7, 11) is 0. The highest BCUT2D eigenvalue weighted by Crippen LogP contribution is 2.28. The molecule has 0 unspecified atom stereocenters.